The molecule has 4 heteroatoms. The number of anilines is 1. The smallest absolute Gasteiger partial charge is 0.164 e. The molecule has 0 aromatic heterocycles. The van der Waals surface area contributed by atoms with Gasteiger partial charge in [0.05, 0.1) is 17.9 Å². The van der Waals surface area contributed by atoms with Crippen molar-refractivity contribution in [1.82, 2.24) is 0 Å². The Hall–Kier alpha value is -1.68. The molecule has 0 atom stereocenters. The van der Waals surface area contributed by atoms with E-state index in [1.54, 1.807) is 19.2 Å². The minimum Gasteiger partial charge on any atom is -0.380 e. The first kappa shape index (κ1) is 13.7. The lowest BCUT2D eigenvalue weighted by atomic mass is 10.0. The van der Waals surface area contributed by atoms with Crippen molar-refractivity contribution in [3.05, 3.63) is 41.2 Å². The second kappa shape index (κ2) is 5.97. The summed E-state index contributed by atoms with van der Waals surface area (Å²) < 4.78 is 18.9. The molecule has 2 rings (SSSR count). The fourth-order valence-electron chi connectivity index (χ4n) is 2.37. The Balaban J connectivity index is 2.25. The number of ether oxygens (including phenoxy) is 1. The molecule has 0 unspecified atom stereocenters. The summed E-state index contributed by atoms with van der Waals surface area (Å²) in [6.07, 6.45) is 2.96. The van der Waals surface area contributed by atoms with Gasteiger partial charge in [-0.05, 0) is 31.1 Å². The van der Waals surface area contributed by atoms with Crippen LogP contribution in [0.5, 0.6) is 0 Å². The van der Waals surface area contributed by atoms with Crippen molar-refractivity contribution >= 4 is 11.5 Å². The first-order chi connectivity index (χ1) is 9.13. The Morgan fingerprint density at radius 3 is 2.84 bits per heavy atom. The third kappa shape index (κ3) is 3.01. The molecule has 1 aromatic rings. The monoisotopic (exact) mass is 263 g/mol. The lowest BCUT2D eigenvalue weighted by molar-refractivity contribution is 0.101. The van der Waals surface area contributed by atoms with E-state index < -0.39 is 5.82 Å². The number of hydrogen-bond donors (Lipinski definition) is 0. The topological polar surface area (TPSA) is 29.5 Å². The van der Waals surface area contributed by atoms with Crippen LogP contribution in [0.15, 0.2) is 29.8 Å². The van der Waals surface area contributed by atoms with Gasteiger partial charge in [0.15, 0.2) is 5.78 Å². The van der Waals surface area contributed by atoms with Gasteiger partial charge in [-0.25, -0.2) is 4.39 Å². The quantitative estimate of drug-likeness (QED) is 0.618. The lowest BCUT2D eigenvalue weighted by Gasteiger charge is -2.29. The van der Waals surface area contributed by atoms with Crippen molar-refractivity contribution in [2.75, 3.05) is 31.7 Å². The van der Waals surface area contributed by atoms with Crippen molar-refractivity contribution in [2.45, 2.75) is 13.3 Å². The van der Waals surface area contributed by atoms with Crippen molar-refractivity contribution in [1.29, 1.82) is 0 Å². The average molecular weight is 263 g/mol. The highest BCUT2D eigenvalue weighted by Crippen LogP contribution is 2.26. The predicted octanol–water partition coefficient (Wildman–Crippen LogP) is 2.81. The van der Waals surface area contributed by atoms with Crippen LogP contribution in [0, 0.1) is 5.82 Å². The van der Waals surface area contributed by atoms with Crippen LogP contribution in [0.2, 0.25) is 0 Å². The minimum atomic E-state index is -0.448. The molecule has 1 aliphatic rings. The van der Waals surface area contributed by atoms with E-state index in [1.165, 1.54) is 18.6 Å². The number of halogens is 1. The molecule has 1 aliphatic heterocycles. The van der Waals surface area contributed by atoms with E-state index in [0.717, 1.165) is 13.0 Å². The molecular formula is C15H18FNO2. The van der Waals surface area contributed by atoms with Crippen LogP contribution < -0.4 is 4.90 Å². The van der Waals surface area contributed by atoms with Gasteiger partial charge in [0.2, 0.25) is 0 Å². The molecule has 0 fully saturated rings. The van der Waals surface area contributed by atoms with Crippen LogP contribution >= 0.6 is 0 Å². The maximum Gasteiger partial charge on any atom is 0.164 e. The Kier molecular flexibility index (Phi) is 4.32. The molecule has 0 saturated carbocycles. The zero-order valence-electron chi connectivity index (χ0n) is 11.3. The van der Waals surface area contributed by atoms with Crippen LogP contribution in [-0.2, 0) is 4.74 Å². The standard InChI is InChI=1S/C15H18FNO2/c1-11(18)15-13(16)4-3-5-14(15)17-8-6-12(7-9-17)10-19-2/h3-6H,7-10H2,1-2H3. The highest BCUT2D eigenvalue weighted by Gasteiger charge is 2.19. The Morgan fingerprint density at radius 1 is 1.47 bits per heavy atom. The molecule has 19 heavy (non-hydrogen) atoms. The molecule has 0 amide bonds. The average Bonchev–Trinajstić information content (AvgIpc) is 2.39. The Morgan fingerprint density at radius 2 is 2.26 bits per heavy atom. The van der Waals surface area contributed by atoms with E-state index >= 15 is 0 Å². The molecule has 0 radical (unpaired) electrons. The van der Waals surface area contributed by atoms with Gasteiger partial charge in [-0.1, -0.05) is 12.1 Å². The van der Waals surface area contributed by atoms with E-state index in [-0.39, 0.29) is 11.3 Å². The number of rotatable bonds is 4. The fraction of sp³-hybridized carbons (Fsp3) is 0.400. The van der Waals surface area contributed by atoms with Gasteiger partial charge in [-0.3, -0.25) is 4.79 Å². The predicted molar refractivity (Wildman–Crippen MR) is 73.2 cm³/mol. The lowest BCUT2D eigenvalue weighted by Crippen LogP contribution is -2.30. The largest absolute Gasteiger partial charge is 0.380 e. The SMILES string of the molecule is COCC1=CCN(c2cccc(F)c2C(C)=O)CC1. The van der Waals surface area contributed by atoms with E-state index in [4.69, 9.17) is 4.74 Å². The van der Waals surface area contributed by atoms with E-state index in [2.05, 4.69) is 6.08 Å². The summed E-state index contributed by atoms with van der Waals surface area (Å²) in [6.45, 7) is 3.50. The van der Waals surface area contributed by atoms with Crippen molar-refractivity contribution in [3.8, 4) is 0 Å². The zero-order valence-corrected chi connectivity index (χ0v) is 11.3. The minimum absolute atomic E-state index is 0.186. The Labute approximate surface area is 112 Å². The second-order valence-corrected chi connectivity index (χ2v) is 4.68. The molecule has 1 heterocycles. The second-order valence-electron chi connectivity index (χ2n) is 4.68. The summed E-state index contributed by atoms with van der Waals surface area (Å²) in [6, 6.07) is 4.77. The van der Waals surface area contributed by atoms with Crippen molar-refractivity contribution in [2.24, 2.45) is 0 Å². The number of carbonyl (C=O) groups excluding carboxylic acids is 1. The maximum absolute atomic E-state index is 13.8. The van der Waals surface area contributed by atoms with Crippen molar-refractivity contribution < 1.29 is 13.9 Å². The molecule has 0 bridgehead atoms. The number of Topliss-reactive ketones (excluding diaryl/α,β-unsaturated/α-hetero) is 1. The highest BCUT2D eigenvalue weighted by atomic mass is 19.1. The van der Waals surface area contributed by atoms with E-state index in [0.29, 0.717) is 18.8 Å². The molecule has 3 nitrogen and oxygen atoms in total. The Bertz CT molecular complexity index is 511. The van der Waals surface area contributed by atoms with Crippen LogP contribution in [0.1, 0.15) is 23.7 Å². The van der Waals surface area contributed by atoms with Crippen LogP contribution in [0.4, 0.5) is 10.1 Å². The molecule has 0 N–H and O–H groups in total. The summed E-state index contributed by atoms with van der Waals surface area (Å²) in [5, 5.41) is 0. The number of hydrogen-bond acceptors (Lipinski definition) is 3. The van der Waals surface area contributed by atoms with Crippen molar-refractivity contribution in [3.63, 3.8) is 0 Å². The van der Waals surface area contributed by atoms with Gasteiger partial charge >= 0.3 is 0 Å². The van der Waals surface area contributed by atoms with E-state index in [1.807, 2.05) is 4.90 Å². The van der Waals surface area contributed by atoms with E-state index in [9.17, 15) is 9.18 Å². The summed E-state index contributed by atoms with van der Waals surface area (Å²) in [5.74, 6) is -0.684. The first-order valence-corrected chi connectivity index (χ1v) is 6.34. The number of nitrogens with zero attached hydrogens (tertiary/aromatic N) is 1. The first-order valence-electron chi connectivity index (χ1n) is 6.34. The molecule has 0 aliphatic carbocycles. The number of methoxy groups -OCH3 is 1. The molecular weight excluding hydrogens is 245 g/mol. The van der Waals surface area contributed by atoms with Crippen LogP contribution in [-0.4, -0.2) is 32.6 Å². The molecule has 1 aromatic carbocycles. The summed E-state index contributed by atoms with van der Waals surface area (Å²) >= 11 is 0. The zero-order chi connectivity index (χ0) is 13.8. The van der Waals surface area contributed by atoms with Gasteiger partial charge in [-0.2, -0.15) is 0 Å². The highest BCUT2D eigenvalue weighted by molar-refractivity contribution is 6.00. The number of carbonyl (C=O) groups is 1. The molecule has 102 valence electrons. The third-order valence-electron chi connectivity index (χ3n) is 3.32. The van der Waals surface area contributed by atoms with Gasteiger partial charge < -0.3 is 9.64 Å². The fourth-order valence-corrected chi connectivity index (χ4v) is 2.37. The number of ketones is 1. The molecule has 0 spiro atoms. The normalized spacial score (nSPS) is 15.3. The number of benzene rings is 1. The maximum atomic E-state index is 13.8. The van der Waals surface area contributed by atoms with Crippen LogP contribution in [0.25, 0.3) is 0 Å². The van der Waals surface area contributed by atoms with Crippen LogP contribution in [0.3, 0.4) is 0 Å². The summed E-state index contributed by atoms with van der Waals surface area (Å²) in [4.78, 5) is 13.6. The summed E-state index contributed by atoms with van der Waals surface area (Å²) in [5.41, 5.74) is 2.12. The van der Waals surface area contributed by atoms with Gasteiger partial charge in [0, 0.05) is 20.2 Å². The third-order valence-corrected chi connectivity index (χ3v) is 3.32. The van der Waals surface area contributed by atoms with Gasteiger partial charge in [0.25, 0.3) is 0 Å². The van der Waals surface area contributed by atoms with Gasteiger partial charge in [0.1, 0.15) is 5.82 Å². The summed E-state index contributed by atoms with van der Waals surface area (Å²) in [7, 11) is 1.67. The molecule has 0 saturated heterocycles. The van der Waals surface area contributed by atoms with Gasteiger partial charge in [-0.15, -0.1) is 0 Å².